The van der Waals surface area contributed by atoms with Crippen molar-refractivity contribution in [1.29, 1.82) is 0 Å². The van der Waals surface area contributed by atoms with Gasteiger partial charge in [0.1, 0.15) is 26.5 Å². The predicted octanol–water partition coefficient (Wildman–Crippen LogP) is -1.84. The SMILES string of the molecule is O=S(=O)([O-])c1cc(O)c2ccccc2c1O.[K+]. The Hall–Kier alpha value is -0.154. The van der Waals surface area contributed by atoms with Gasteiger partial charge >= 0.3 is 51.4 Å². The molecule has 0 atom stereocenters. The molecule has 0 aliphatic rings. The fourth-order valence-corrected chi connectivity index (χ4v) is 2.11. The van der Waals surface area contributed by atoms with Crippen molar-refractivity contribution in [2.75, 3.05) is 0 Å². The molecule has 0 amide bonds. The van der Waals surface area contributed by atoms with E-state index in [4.69, 9.17) is 0 Å². The molecule has 2 N–H and O–H groups in total. The first kappa shape index (κ1) is 14.9. The first-order valence-electron chi connectivity index (χ1n) is 4.31. The molecule has 0 fully saturated rings. The molecule has 0 heterocycles. The van der Waals surface area contributed by atoms with Crippen molar-refractivity contribution >= 4 is 20.9 Å². The van der Waals surface area contributed by atoms with Crippen LogP contribution in [0.4, 0.5) is 0 Å². The molecule has 0 saturated carbocycles. The fourth-order valence-electron chi connectivity index (χ4n) is 1.51. The molecule has 0 aliphatic carbocycles. The van der Waals surface area contributed by atoms with Crippen LogP contribution in [-0.4, -0.2) is 23.2 Å². The van der Waals surface area contributed by atoms with Crippen molar-refractivity contribution < 1.29 is 74.6 Å². The topological polar surface area (TPSA) is 97.7 Å². The Morgan fingerprint density at radius 2 is 1.59 bits per heavy atom. The predicted molar refractivity (Wildman–Crippen MR) is 55.2 cm³/mol. The minimum absolute atomic E-state index is 0. The molecule has 0 aliphatic heterocycles. The van der Waals surface area contributed by atoms with Crippen LogP contribution in [0.25, 0.3) is 10.8 Å². The van der Waals surface area contributed by atoms with Gasteiger partial charge in [-0.05, 0) is 0 Å². The Morgan fingerprint density at radius 1 is 1.06 bits per heavy atom. The molecule has 7 heteroatoms. The fraction of sp³-hybridized carbons (Fsp3) is 0. The number of phenols is 2. The van der Waals surface area contributed by atoms with Crippen LogP contribution < -0.4 is 51.4 Å². The summed E-state index contributed by atoms with van der Waals surface area (Å²) in [5.74, 6) is -0.994. The molecule has 2 aromatic carbocycles. The smallest absolute Gasteiger partial charge is 0.744 e. The minimum Gasteiger partial charge on any atom is -0.744 e. The van der Waals surface area contributed by atoms with E-state index >= 15 is 0 Å². The third-order valence-corrected chi connectivity index (χ3v) is 3.08. The van der Waals surface area contributed by atoms with Crippen LogP contribution in [-0.2, 0) is 10.1 Å². The summed E-state index contributed by atoms with van der Waals surface area (Å²) in [4.78, 5) is -0.816. The van der Waals surface area contributed by atoms with Crippen molar-refractivity contribution in [1.82, 2.24) is 0 Å². The Labute approximate surface area is 140 Å². The second-order valence-electron chi connectivity index (χ2n) is 3.24. The average molecular weight is 278 g/mol. The minimum atomic E-state index is -4.81. The van der Waals surface area contributed by atoms with Crippen molar-refractivity contribution in [2.24, 2.45) is 0 Å². The van der Waals surface area contributed by atoms with Crippen LogP contribution in [0.5, 0.6) is 11.5 Å². The van der Waals surface area contributed by atoms with E-state index in [0.717, 1.165) is 6.07 Å². The van der Waals surface area contributed by atoms with Gasteiger partial charge < -0.3 is 14.8 Å². The third-order valence-electron chi connectivity index (χ3n) is 2.23. The molecule has 2 rings (SSSR count). The van der Waals surface area contributed by atoms with Crippen LogP contribution >= 0.6 is 0 Å². The van der Waals surface area contributed by atoms with Gasteiger partial charge in [-0.3, -0.25) is 0 Å². The van der Waals surface area contributed by atoms with Gasteiger partial charge in [-0.2, -0.15) is 0 Å². The molecule has 17 heavy (non-hydrogen) atoms. The number of rotatable bonds is 1. The zero-order valence-corrected chi connectivity index (χ0v) is 12.9. The number of benzene rings is 2. The summed E-state index contributed by atoms with van der Waals surface area (Å²) in [5.41, 5.74) is 0. The summed E-state index contributed by atoms with van der Waals surface area (Å²) in [6.45, 7) is 0. The van der Waals surface area contributed by atoms with Crippen LogP contribution in [0.2, 0.25) is 0 Å². The maximum absolute atomic E-state index is 10.8. The molecule has 0 unspecified atom stereocenters. The van der Waals surface area contributed by atoms with E-state index < -0.39 is 20.8 Å². The molecular formula is C10H7KO5S. The number of phenolic OH excluding ortho intramolecular Hbond substituents is 2. The largest absolute Gasteiger partial charge is 1.00 e. The molecule has 0 radical (unpaired) electrons. The molecule has 0 aromatic heterocycles. The monoisotopic (exact) mass is 278 g/mol. The summed E-state index contributed by atoms with van der Waals surface area (Å²) >= 11 is 0. The van der Waals surface area contributed by atoms with E-state index in [1.165, 1.54) is 12.1 Å². The molecule has 0 spiro atoms. The Morgan fingerprint density at radius 3 is 2.12 bits per heavy atom. The van der Waals surface area contributed by atoms with Crippen LogP contribution in [0.15, 0.2) is 35.2 Å². The van der Waals surface area contributed by atoms with Crippen LogP contribution in [0.3, 0.4) is 0 Å². The van der Waals surface area contributed by atoms with Gasteiger partial charge in [0.25, 0.3) is 0 Å². The van der Waals surface area contributed by atoms with Crippen molar-refractivity contribution in [3.05, 3.63) is 30.3 Å². The van der Waals surface area contributed by atoms with Gasteiger partial charge in [-0.25, -0.2) is 8.42 Å². The van der Waals surface area contributed by atoms with E-state index in [9.17, 15) is 23.2 Å². The van der Waals surface area contributed by atoms with Gasteiger partial charge in [0.15, 0.2) is 0 Å². The molecular weight excluding hydrogens is 271 g/mol. The summed E-state index contributed by atoms with van der Waals surface area (Å²) in [5, 5.41) is 19.6. The third kappa shape index (κ3) is 2.82. The van der Waals surface area contributed by atoms with E-state index in [-0.39, 0.29) is 67.9 Å². The maximum Gasteiger partial charge on any atom is 1.00 e. The Bertz CT molecular complexity index is 666. The molecule has 5 nitrogen and oxygen atoms in total. The number of aromatic hydroxyl groups is 2. The molecule has 0 bridgehead atoms. The van der Waals surface area contributed by atoms with Gasteiger partial charge in [0.05, 0.1) is 0 Å². The number of fused-ring (bicyclic) bond motifs is 1. The number of hydrogen-bond acceptors (Lipinski definition) is 5. The second-order valence-corrected chi connectivity index (χ2v) is 4.59. The Kier molecular flexibility index (Phi) is 4.58. The molecule has 0 saturated heterocycles. The van der Waals surface area contributed by atoms with Gasteiger partial charge in [-0.15, -0.1) is 0 Å². The van der Waals surface area contributed by atoms with Crippen LogP contribution in [0, 0.1) is 0 Å². The van der Waals surface area contributed by atoms with Gasteiger partial charge in [0.2, 0.25) is 0 Å². The number of hydrogen-bond donors (Lipinski definition) is 2. The van der Waals surface area contributed by atoms with E-state index in [1.54, 1.807) is 12.1 Å². The summed E-state index contributed by atoms with van der Waals surface area (Å²) in [6, 6.07) is 6.85. The Balaban J connectivity index is 0.00000144. The molecule has 84 valence electrons. The zero-order chi connectivity index (χ0) is 11.9. The van der Waals surface area contributed by atoms with E-state index in [1.807, 2.05) is 0 Å². The summed E-state index contributed by atoms with van der Waals surface area (Å²) < 4.78 is 32.5. The maximum atomic E-state index is 10.8. The summed E-state index contributed by atoms with van der Waals surface area (Å²) in [7, 11) is -4.81. The normalized spacial score (nSPS) is 11.1. The second kappa shape index (κ2) is 5.23. The standard InChI is InChI=1S/C10H8O5S.K/c11-8-5-9(16(13,14)15)10(12)7-4-2-1-3-6(7)8;/h1-5,11-12H,(H,13,14,15);/q;+1/p-1. The average Bonchev–Trinajstić information content (AvgIpc) is 2.22. The van der Waals surface area contributed by atoms with E-state index in [2.05, 4.69) is 0 Å². The quantitative estimate of drug-likeness (QED) is 0.363. The zero-order valence-electron chi connectivity index (χ0n) is 8.91. The van der Waals surface area contributed by atoms with Crippen LogP contribution in [0.1, 0.15) is 0 Å². The van der Waals surface area contributed by atoms with Gasteiger partial charge in [0, 0.05) is 16.8 Å². The first-order valence-corrected chi connectivity index (χ1v) is 5.71. The van der Waals surface area contributed by atoms with E-state index in [0.29, 0.717) is 0 Å². The first-order chi connectivity index (χ1) is 7.41. The summed E-state index contributed by atoms with van der Waals surface area (Å²) in [6.07, 6.45) is 0. The van der Waals surface area contributed by atoms with Crippen molar-refractivity contribution in [2.45, 2.75) is 4.90 Å². The van der Waals surface area contributed by atoms with Crippen molar-refractivity contribution in [3.8, 4) is 11.5 Å². The van der Waals surface area contributed by atoms with Crippen molar-refractivity contribution in [3.63, 3.8) is 0 Å². The van der Waals surface area contributed by atoms with Gasteiger partial charge in [-0.1, -0.05) is 24.3 Å². The molecule has 2 aromatic rings.